The Kier molecular flexibility index (Phi) is 11.7. The summed E-state index contributed by atoms with van der Waals surface area (Å²) in [6.45, 7) is 7.15. The fourth-order valence-electron chi connectivity index (χ4n) is 9.70. The van der Waals surface area contributed by atoms with Crippen LogP contribution in [-0.2, 0) is 35.5 Å². The Balaban J connectivity index is 0.000000156. The number of hydrogen-bond donors (Lipinski definition) is 8. The Morgan fingerprint density at radius 1 is 0.597 bits per heavy atom. The van der Waals surface area contributed by atoms with E-state index in [1.165, 1.54) is 0 Å². The van der Waals surface area contributed by atoms with Crippen molar-refractivity contribution in [2.45, 2.75) is 64.8 Å². The van der Waals surface area contributed by atoms with E-state index in [0.717, 1.165) is 79.4 Å². The Morgan fingerprint density at radius 2 is 1.03 bits per heavy atom. The van der Waals surface area contributed by atoms with Crippen LogP contribution in [0, 0.1) is 13.8 Å². The van der Waals surface area contributed by atoms with Crippen LogP contribution in [0.1, 0.15) is 59.0 Å². The van der Waals surface area contributed by atoms with E-state index in [0.29, 0.717) is 96.7 Å². The number of carbonyl (C=O) groups excluding carboxylic acids is 2. The van der Waals surface area contributed by atoms with Crippen LogP contribution in [0.5, 0.6) is 0 Å². The highest BCUT2D eigenvalue weighted by molar-refractivity contribution is 5.96. The number of amides is 2. The van der Waals surface area contributed by atoms with Crippen molar-refractivity contribution in [2.75, 3.05) is 73.0 Å². The summed E-state index contributed by atoms with van der Waals surface area (Å²) in [6.07, 6.45) is 8.50. The molecule has 4 aliphatic heterocycles. The standard InChI is InChI=1S/2C25H27N9O2/c2*1-13-16(10-29-24-19(35)3-5-27-23(13)24)18-7-14-8-20(28-11-17(14)25(26)30-18)31-21-9-15-4-6-33(2)22(36)12-34(15)32-21/h2*7-11,19,27,35H,3-6,12H2,1-2H3,(H2,26,30)(H,28,31,32)/t2*19-/m10/s1. The molecule has 0 spiro atoms. The van der Waals surface area contributed by atoms with Crippen LogP contribution >= 0.6 is 0 Å². The Bertz CT molecular complexity index is 3250. The van der Waals surface area contributed by atoms with Gasteiger partial charge in [0, 0.05) is 123 Å². The number of nitrogens with one attached hydrogen (secondary N) is 4. The quantitative estimate of drug-likeness (QED) is 0.111. The maximum atomic E-state index is 12.2. The summed E-state index contributed by atoms with van der Waals surface area (Å²) in [5.74, 6) is 3.33. The molecule has 8 aromatic rings. The van der Waals surface area contributed by atoms with Crippen molar-refractivity contribution in [1.29, 1.82) is 0 Å². The van der Waals surface area contributed by atoms with Crippen molar-refractivity contribution in [3.05, 3.63) is 95.1 Å². The van der Waals surface area contributed by atoms with Gasteiger partial charge in [0.15, 0.2) is 11.6 Å². The number of nitrogens with two attached hydrogens (primary N) is 2. The van der Waals surface area contributed by atoms with Gasteiger partial charge in [0.25, 0.3) is 0 Å². The number of aliphatic hydroxyl groups is 2. The second kappa shape index (κ2) is 18.4. The zero-order chi connectivity index (χ0) is 49.9. The lowest BCUT2D eigenvalue weighted by atomic mass is 9.98. The second-order valence-corrected chi connectivity index (χ2v) is 18.7. The van der Waals surface area contributed by atoms with Gasteiger partial charge in [-0.15, -0.1) is 0 Å². The third-order valence-corrected chi connectivity index (χ3v) is 13.9. The number of pyridine rings is 6. The van der Waals surface area contributed by atoms with E-state index in [9.17, 15) is 19.8 Å². The summed E-state index contributed by atoms with van der Waals surface area (Å²) in [6, 6.07) is 11.6. The van der Waals surface area contributed by atoms with Crippen LogP contribution in [0.4, 0.5) is 46.3 Å². The highest BCUT2D eigenvalue weighted by Crippen LogP contribution is 2.39. The SMILES string of the molecule is Cc1c(-c2cc3cc(Nc4cc5n(n4)CC(=O)N(C)CC5)ncc3c(N)n2)cnc2c1NCC[C@@H]2O.Cc1c(-c2cc3cc(Nc4cc5n(n4)CC(=O)N(C)CC5)ncc3c(N)n2)cnc2c1NCC[C@H]2O. The Labute approximate surface area is 412 Å². The van der Waals surface area contributed by atoms with Crippen LogP contribution in [0.25, 0.3) is 44.1 Å². The molecule has 368 valence electrons. The van der Waals surface area contributed by atoms with E-state index >= 15 is 0 Å². The molecule has 22 heteroatoms. The number of carbonyl (C=O) groups is 2. The van der Waals surface area contributed by atoms with Crippen LogP contribution in [0.2, 0.25) is 0 Å². The number of fused-ring (bicyclic) bond motifs is 6. The molecule has 10 N–H and O–H groups in total. The number of likely N-dealkylation sites (N-methyl/N-ethyl adjacent to an activating group) is 2. The third kappa shape index (κ3) is 8.63. The first kappa shape index (κ1) is 45.9. The summed E-state index contributed by atoms with van der Waals surface area (Å²) in [5, 5.41) is 46.2. The van der Waals surface area contributed by atoms with Gasteiger partial charge in [-0.2, -0.15) is 10.2 Å². The van der Waals surface area contributed by atoms with E-state index < -0.39 is 12.2 Å². The molecule has 12 rings (SSSR count). The first-order chi connectivity index (χ1) is 34.7. The molecule has 0 bridgehead atoms. The molecule has 2 atom stereocenters. The minimum absolute atomic E-state index is 0.0411. The number of anilines is 8. The van der Waals surface area contributed by atoms with Crippen molar-refractivity contribution >= 4 is 79.6 Å². The van der Waals surface area contributed by atoms with Crippen molar-refractivity contribution in [2.24, 2.45) is 0 Å². The highest BCUT2D eigenvalue weighted by Gasteiger charge is 2.26. The van der Waals surface area contributed by atoms with Crippen molar-refractivity contribution in [3.8, 4) is 22.5 Å². The summed E-state index contributed by atoms with van der Waals surface area (Å²) in [4.78, 5) is 55.1. The second-order valence-electron chi connectivity index (χ2n) is 18.7. The zero-order valence-corrected chi connectivity index (χ0v) is 40.2. The molecule has 0 fully saturated rings. The molecule has 0 aromatic carbocycles. The van der Waals surface area contributed by atoms with E-state index in [2.05, 4.69) is 61.4 Å². The van der Waals surface area contributed by atoms with E-state index in [-0.39, 0.29) is 24.9 Å². The molecule has 22 nitrogen and oxygen atoms in total. The van der Waals surface area contributed by atoms with Gasteiger partial charge in [-0.05, 0) is 72.9 Å². The summed E-state index contributed by atoms with van der Waals surface area (Å²) in [7, 11) is 3.62. The summed E-state index contributed by atoms with van der Waals surface area (Å²) < 4.78 is 3.48. The van der Waals surface area contributed by atoms with Gasteiger partial charge in [0.1, 0.15) is 36.4 Å². The maximum Gasteiger partial charge on any atom is 0.244 e. The van der Waals surface area contributed by atoms with Crippen LogP contribution in [0.15, 0.2) is 61.2 Å². The van der Waals surface area contributed by atoms with Gasteiger partial charge in [0.2, 0.25) is 11.8 Å². The van der Waals surface area contributed by atoms with Crippen LogP contribution < -0.4 is 32.7 Å². The highest BCUT2D eigenvalue weighted by atomic mass is 16.3. The fourth-order valence-corrected chi connectivity index (χ4v) is 9.70. The largest absolute Gasteiger partial charge is 0.387 e. The van der Waals surface area contributed by atoms with Gasteiger partial charge < -0.3 is 52.7 Å². The summed E-state index contributed by atoms with van der Waals surface area (Å²) >= 11 is 0. The van der Waals surface area contributed by atoms with Gasteiger partial charge in [0.05, 0.1) is 46.4 Å². The lowest BCUT2D eigenvalue weighted by molar-refractivity contribution is -0.131. The van der Waals surface area contributed by atoms with E-state index in [1.54, 1.807) is 44.0 Å². The molecule has 12 heterocycles. The van der Waals surface area contributed by atoms with E-state index in [1.807, 2.05) is 64.3 Å². The molecule has 72 heavy (non-hydrogen) atoms. The molecule has 0 aliphatic carbocycles. The molecular formula is C50H54N18O4. The van der Waals surface area contributed by atoms with Crippen molar-refractivity contribution < 1.29 is 19.8 Å². The predicted molar refractivity (Wildman–Crippen MR) is 274 cm³/mol. The van der Waals surface area contributed by atoms with Gasteiger partial charge in [-0.3, -0.25) is 28.9 Å². The Hall–Kier alpha value is -8.50. The van der Waals surface area contributed by atoms with Gasteiger partial charge >= 0.3 is 0 Å². The van der Waals surface area contributed by atoms with Crippen LogP contribution in [-0.4, -0.2) is 122 Å². The first-order valence-corrected chi connectivity index (χ1v) is 23.9. The fraction of sp³-hybridized carbons (Fsp3) is 0.320. The lowest BCUT2D eigenvalue weighted by Gasteiger charge is -2.24. The molecular weight excluding hydrogens is 917 g/mol. The molecule has 2 amide bonds. The average Bonchev–Trinajstić information content (AvgIpc) is 3.86. The number of nitrogens with zero attached hydrogens (tertiary/aromatic N) is 12. The maximum absolute atomic E-state index is 12.2. The first-order valence-electron chi connectivity index (χ1n) is 23.9. The van der Waals surface area contributed by atoms with E-state index in [4.69, 9.17) is 11.5 Å². The molecule has 0 saturated heterocycles. The molecule has 4 aliphatic rings. The minimum Gasteiger partial charge on any atom is -0.387 e. The molecule has 0 saturated carbocycles. The summed E-state index contributed by atoms with van der Waals surface area (Å²) in [5.41, 5.74) is 22.7. The zero-order valence-electron chi connectivity index (χ0n) is 40.2. The number of hydrogen-bond acceptors (Lipinski definition) is 18. The predicted octanol–water partition coefficient (Wildman–Crippen LogP) is 4.77. The molecule has 8 aromatic heterocycles. The number of nitrogen functional groups attached to an aromatic ring is 2. The number of rotatable bonds is 6. The normalized spacial score (nSPS) is 17.4. The number of aliphatic hydroxyl groups excluding tert-OH is 2. The van der Waals surface area contributed by atoms with Gasteiger partial charge in [-0.25, -0.2) is 19.9 Å². The molecule has 0 unspecified atom stereocenters. The smallest absolute Gasteiger partial charge is 0.244 e. The van der Waals surface area contributed by atoms with Crippen molar-refractivity contribution in [3.63, 3.8) is 0 Å². The van der Waals surface area contributed by atoms with Crippen molar-refractivity contribution in [1.82, 2.24) is 59.3 Å². The topological polar surface area (TPSA) is 294 Å². The third-order valence-electron chi connectivity index (χ3n) is 13.9. The van der Waals surface area contributed by atoms with Gasteiger partial charge in [-0.1, -0.05) is 0 Å². The monoisotopic (exact) mass is 970 g/mol. The minimum atomic E-state index is -0.569. The van der Waals surface area contributed by atoms with Crippen LogP contribution in [0.3, 0.4) is 0 Å². The number of aromatic nitrogens is 10. The molecule has 0 radical (unpaired) electrons. The average molecular weight is 971 g/mol. The Morgan fingerprint density at radius 3 is 1.46 bits per heavy atom. The lowest BCUT2D eigenvalue weighted by Crippen LogP contribution is -2.29.